The Morgan fingerprint density at radius 3 is 2.60 bits per heavy atom. The highest BCUT2D eigenvalue weighted by Crippen LogP contribution is 2.34. The first-order valence-electron chi connectivity index (χ1n) is 5.79. The number of carbonyl (C=O) groups is 1. The molecule has 0 heterocycles. The van der Waals surface area contributed by atoms with Crippen LogP contribution in [0, 0.1) is 5.92 Å². The lowest BCUT2D eigenvalue weighted by molar-refractivity contribution is -0.120. The van der Waals surface area contributed by atoms with E-state index in [1.807, 2.05) is 6.92 Å². The smallest absolute Gasteiger partial charge is 0.235 e. The Bertz CT molecular complexity index is 216. The fourth-order valence-corrected chi connectivity index (χ4v) is 1.89. The number of hydrogen-bond donors (Lipinski definition) is 2. The Morgan fingerprint density at radius 2 is 2.20 bits per heavy atom. The highest BCUT2D eigenvalue weighted by atomic mass is 16.1. The monoisotopic (exact) mass is 213 g/mol. The number of nitrogens with one attached hydrogen (secondary N) is 1. The molecule has 1 aliphatic rings. The van der Waals surface area contributed by atoms with Crippen LogP contribution in [0.3, 0.4) is 0 Å². The number of nitrogens with zero attached hydrogens (tertiary/aromatic N) is 1. The SMILES string of the molecule is CCNC(CN(C)C(C)C1CC1)C(N)=O. The molecular formula is C11H23N3O. The van der Waals surface area contributed by atoms with E-state index in [9.17, 15) is 4.79 Å². The molecule has 1 aliphatic carbocycles. The molecule has 2 atom stereocenters. The molecule has 1 rings (SSSR count). The van der Waals surface area contributed by atoms with E-state index in [-0.39, 0.29) is 11.9 Å². The van der Waals surface area contributed by atoms with Crippen LogP contribution in [0.25, 0.3) is 0 Å². The maximum absolute atomic E-state index is 11.2. The number of primary amides is 1. The van der Waals surface area contributed by atoms with Crippen LogP contribution >= 0.6 is 0 Å². The summed E-state index contributed by atoms with van der Waals surface area (Å²) in [6, 6.07) is 0.340. The second-order valence-electron chi connectivity index (χ2n) is 4.53. The fourth-order valence-electron chi connectivity index (χ4n) is 1.89. The van der Waals surface area contributed by atoms with Gasteiger partial charge in [-0.3, -0.25) is 4.79 Å². The molecule has 0 aromatic heterocycles. The number of likely N-dealkylation sites (N-methyl/N-ethyl adjacent to an activating group) is 2. The van der Waals surface area contributed by atoms with E-state index < -0.39 is 0 Å². The van der Waals surface area contributed by atoms with Crippen molar-refractivity contribution >= 4 is 5.91 Å². The average Bonchev–Trinajstić information content (AvgIpc) is 2.98. The molecule has 4 heteroatoms. The molecule has 0 aliphatic heterocycles. The Kier molecular flexibility index (Phi) is 4.54. The standard InChI is InChI=1S/C11H23N3O/c1-4-13-10(11(12)15)7-14(3)8(2)9-5-6-9/h8-10,13H,4-7H2,1-3H3,(H2,12,15). The highest BCUT2D eigenvalue weighted by Gasteiger charge is 2.31. The summed E-state index contributed by atoms with van der Waals surface area (Å²) in [5, 5.41) is 3.11. The van der Waals surface area contributed by atoms with Crippen LogP contribution in [0.1, 0.15) is 26.7 Å². The van der Waals surface area contributed by atoms with Gasteiger partial charge in [-0.2, -0.15) is 0 Å². The van der Waals surface area contributed by atoms with Crippen LogP contribution in [0.5, 0.6) is 0 Å². The third-order valence-electron chi connectivity index (χ3n) is 3.26. The van der Waals surface area contributed by atoms with Crippen molar-refractivity contribution < 1.29 is 4.79 Å². The van der Waals surface area contributed by atoms with Gasteiger partial charge in [-0.25, -0.2) is 0 Å². The van der Waals surface area contributed by atoms with E-state index in [0.29, 0.717) is 12.6 Å². The molecule has 0 saturated heterocycles. The second-order valence-corrected chi connectivity index (χ2v) is 4.53. The summed E-state index contributed by atoms with van der Waals surface area (Å²) >= 11 is 0. The van der Waals surface area contributed by atoms with Gasteiger partial charge in [0.15, 0.2) is 0 Å². The summed E-state index contributed by atoms with van der Waals surface area (Å²) in [6.45, 7) is 5.70. The number of amides is 1. The van der Waals surface area contributed by atoms with Gasteiger partial charge < -0.3 is 16.0 Å². The molecule has 0 aromatic rings. The third-order valence-corrected chi connectivity index (χ3v) is 3.26. The van der Waals surface area contributed by atoms with Crippen LogP contribution in [0.15, 0.2) is 0 Å². The van der Waals surface area contributed by atoms with E-state index in [1.54, 1.807) is 0 Å². The lowest BCUT2D eigenvalue weighted by atomic mass is 10.1. The number of nitrogens with two attached hydrogens (primary N) is 1. The quantitative estimate of drug-likeness (QED) is 0.634. The summed E-state index contributed by atoms with van der Waals surface area (Å²) in [6.07, 6.45) is 2.65. The van der Waals surface area contributed by atoms with E-state index >= 15 is 0 Å². The van der Waals surface area contributed by atoms with Crippen LogP contribution in [0.4, 0.5) is 0 Å². The third kappa shape index (κ3) is 3.80. The molecular weight excluding hydrogens is 190 g/mol. The molecule has 4 nitrogen and oxygen atoms in total. The number of carbonyl (C=O) groups excluding carboxylic acids is 1. The van der Waals surface area contributed by atoms with Gasteiger partial charge in [0.1, 0.15) is 0 Å². The predicted molar refractivity (Wildman–Crippen MR) is 61.5 cm³/mol. The molecule has 1 saturated carbocycles. The minimum Gasteiger partial charge on any atom is -0.368 e. The van der Waals surface area contributed by atoms with Crippen molar-refractivity contribution in [3.63, 3.8) is 0 Å². The topological polar surface area (TPSA) is 58.4 Å². The van der Waals surface area contributed by atoms with Gasteiger partial charge in [0.2, 0.25) is 5.91 Å². The molecule has 0 aromatic carbocycles. The summed E-state index contributed by atoms with van der Waals surface area (Å²) in [7, 11) is 2.07. The van der Waals surface area contributed by atoms with Crippen molar-refractivity contribution in [1.29, 1.82) is 0 Å². The average molecular weight is 213 g/mol. The normalized spacial score (nSPS) is 20.3. The maximum atomic E-state index is 11.2. The van der Waals surface area contributed by atoms with Crippen LogP contribution in [-0.2, 0) is 4.79 Å². The van der Waals surface area contributed by atoms with E-state index in [0.717, 1.165) is 12.5 Å². The minimum atomic E-state index is -0.258. The van der Waals surface area contributed by atoms with Gasteiger partial charge in [-0.05, 0) is 39.3 Å². The predicted octanol–water partition coefficient (Wildman–Crippen LogP) is 0.180. The zero-order valence-corrected chi connectivity index (χ0v) is 9.99. The number of rotatable bonds is 7. The first kappa shape index (κ1) is 12.5. The van der Waals surface area contributed by atoms with Gasteiger partial charge in [-0.15, -0.1) is 0 Å². The van der Waals surface area contributed by atoms with Gasteiger partial charge in [-0.1, -0.05) is 6.92 Å². The Labute approximate surface area is 92.2 Å². The van der Waals surface area contributed by atoms with Gasteiger partial charge in [0.25, 0.3) is 0 Å². The van der Waals surface area contributed by atoms with E-state index in [1.165, 1.54) is 12.8 Å². The van der Waals surface area contributed by atoms with Gasteiger partial charge in [0, 0.05) is 12.6 Å². The zero-order valence-electron chi connectivity index (χ0n) is 9.99. The van der Waals surface area contributed by atoms with Gasteiger partial charge in [0.05, 0.1) is 6.04 Å². The molecule has 0 bridgehead atoms. The lowest BCUT2D eigenvalue weighted by Crippen LogP contribution is -2.50. The molecule has 1 amide bonds. The van der Waals surface area contributed by atoms with Crippen molar-refractivity contribution in [2.24, 2.45) is 11.7 Å². The van der Waals surface area contributed by atoms with Crippen LogP contribution in [0.2, 0.25) is 0 Å². The lowest BCUT2D eigenvalue weighted by Gasteiger charge is -2.28. The molecule has 88 valence electrons. The molecule has 15 heavy (non-hydrogen) atoms. The Morgan fingerprint density at radius 1 is 1.60 bits per heavy atom. The highest BCUT2D eigenvalue weighted by molar-refractivity contribution is 5.80. The Hall–Kier alpha value is -0.610. The van der Waals surface area contributed by atoms with E-state index in [2.05, 4.69) is 24.2 Å². The van der Waals surface area contributed by atoms with Crippen molar-refractivity contribution in [2.45, 2.75) is 38.8 Å². The van der Waals surface area contributed by atoms with Crippen molar-refractivity contribution in [3.8, 4) is 0 Å². The Balaban J connectivity index is 2.38. The number of hydrogen-bond acceptors (Lipinski definition) is 3. The summed E-state index contributed by atoms with van der Waals surface area (Å²) < 4.78 is 0. The van der Waals surface area contributed by atoms with Crippen LogP contribution < -0.4 is 11.1 Å². The molecule has 3 N–H and O–H groups in total. The first-order valence-corrected chi connectivity index (χ1v) is 5.79. The van der Waals surface area contributed by atoms with Crippen molar-refractivity contribution in [2.75, 3.05) is 20.1 Å². The molecule has 0 spiro atoms. The fraction of sp³-hybridized carbons (Fsp3) is 0.909. The largest absolute Gasteiger partial charge is 0.368 e. The molecule has 0 radical (unpaired) electrons. The second kappa shape index (κ2) is 5.47. The minimum absolute atomic E-state index is 0.221. The van der Waals surface area contributed by atoms with E-state index in [4.69, 9.17) is 5.73 Å². The summed E-state index contributed by atoms with van der Waals surface area (Å²) in [5.41, 5.74) is 5.33. The first-order chi connectivity index (χ1) is 7.06. The molecule has 1 fully saturated rings. The van der Waals surface area contributed by atoms with Crippen molar-refractivity contribution in [1.82, 2.24) is 10.2 Å². The summed E-state index contributed by atoms with van der Waals surface area (Å²) in [4.78, 5) is 13.4. The molecule has 2 unspecified atom stereocenters. The maximum Gasteiger partial charge on any atom is 0.235 e. The van der Waals surface area contributed by atoms with Crippen molar-refractivity contribution in [3.05, 3.63) is 0 Å². The van der Waals surface area contributed by atoms with Crippen LogP contribution in [-0.4, -0.2) is 43.0 Å². The summed E-state index contributed by atoms with van der Waals surface area (Å²) in [5.74, 6) is 0.567. The zero-order chi connectivity index (χ0) is 11.4. The van der Waals surface area contributed by atoms with Gasteiger partial charge >= 0.3 is 0 Å².